The molecule has 0 aliphatic heterocycles. The van der Waals surface area contributed by atoms with Crippen molar-refractivity contribution in [2.24, 2.45) is 5.73 Å². The van der Waals surface area contributed by atoms with E-state index in [9.17, 15) is 4.39 Å². The van der Waals surface area contributed by atoms with Crippen LogP contribution in [-0.2, 0) is 6.54 Å². The van der Waals surface area contributed by atoms with Crippen molar-refractivity contribution in [1.29, 1.82) is 0 Å². The van der Waals surface area contributed by atoms with Crippen LogP contribution in [0.4, 0.5) is 4.39 Å². The monoisotopic (exact) mass is 189 g/mol. The third kappa shape index (κ3) is 1.38. The molecule has 0 heterocycles. The van der Waals surface area contributed by atoms with Crippen molar-refractivity contribution >= 4 is 11.6 Å². The Balaban J connectivity index is 3.42. The van der Waals surface area contributed by atoms with Crippen LogP contribution in [0.1, 0.15) is 11.1 Å². The molecule has 0 amide bonds. The molecule has 1 aromatic carbocycles. The molecule has 4 heteroatoms. The predicted molar refractivity (Wildman–Crippen MR) is 45.7 cm³/mol. The number of phenolic OH excluding ortho intramolecular Hbond substituents is 1. The van der Waals surface area contributed by atoms with E-state index in [0.29, 0.717) is 10.6 Å². The predicted octanol–water partition coefficient (Wildman–Crippen LogP) is 1.95. The minimum absolute atomic E-state index is 0.0310. The molecule has 0 atom stereocenters. The largest absolute Gasteiger partial charge is 0.505 e. The van der Waals surface area contributed by atoms with Crippen molar-refractivity contribution in [2.45, 2.75) is 13.5 Å². The molecule has 1 rings (SSSR count). The Hall–Kier alpha value is -0.800. The van der Waals surface area contributed by atoms with Crippen LogP contribution < -0.4 is 5.73 Å². The normalized spacial score (nSPS) is 10.3. The van der Waals surface area contributed by atoms with E-state index < -0.39 is 11.6 Å². The van der Waals surface area contributed by atoms with E-state index in [1.54, 1.807) is 6.92 Å². The number of rotatable bonds is 1. The van der Waals surface area contributed by atoms with Crippen molar-refractivity contribution in [3.05, 3.63) is 28.0 Å². The zero-order valence-electron chi connectivity index (χ0n) is 6.56. The van der Waals surface area contributed by atoms with Crippen molar-refractivity contribution in [1.82, 2.24) is 0 Å². The van der Waals surface area contributed by atoms with Gasteiger partial charge < -0.3 is 10.8 Å². The van der Waals surface area contributed by atoms with Crippen LogP contribution in [0.3, 0.4) is 0 Å². The number of hydrogen-bond donors (Lipinski definition) is 2. The summed E-state index contributed by atoms with van der Waals surface area (Å²) in [6.07, 6.45) is 0. The van der Waals surface area contributed by atoms with Crippen LogP contribution in [-0.4, -0.2) is 5.11 Å². The van der Waals surface area contributed by atoms with E-state index in [-0.39, 0.29) is 12.1 Å². The highest BCUT2D eigenvalue weighted by Crippen LogP contribution is 2.30. The molecular weight excluding hydrogens is 181 g/mol. The fraction of sp³-hybridized carbons (Fsp3) is 0.250. The zero-order chi connectivity index (χ0) is 9.30. The smallest absolute Gasteiger partial charge is 0.165 e. The number of hydrogen-bond acceptors (Lipinski definition) is 2. The topological polar surface area (TPSA) is 46.2 Å². The molecule has 0 aliphatic rings. The number of nitrogens with two attached hydrogens (primary N) is 1. The van der Waals surface area contributed by atoms with Crippen molar-refractivity contribution in [3.63, 3.8) is 0 Å². The van der Waals surface area contributed by atoms with E-state index in [1.807, 2.05) is 0 Å². The summed E-state index contributed by atoms with van der Waals surface area (Å²) in [5.41, 5.74) is 6.11. The van der Waals surface area contributed by atoms with Gasteiger partial charge in [0.2, 0.25) is 0 Å². The first-order valence-electron chi connectivity index (χ1n) is 3.44. The minimum atomic E-state index is -0.683. The van der Waals surface area contributed by atoms with Gasteiger partial charge in [0.15, 0.2) is 11.6 Å². The zero-order valence-corrected chi connectivity index (χ0v) is 7.32. The molecule has 0 bridgehead atoms. The van der Waals surface area contributed by atoms with Gasteiger partial charge in [0, 0.05) is 12.1 Å². The molecule has 3 N–H and O–H groups in total. The molecule has 0 aliphatic carbocycles. The maximum Gasteiger partial charge on any atom is 0.165 e. The van der Waals surface area contributed by atoms with Crippen LogP contribution in [0.2, 0.25) is 5.02 Å². The van der Waals surface area contributed by atoms with Gasteiger partial charge in [0.25, 0.3) is 0 Å². The first-order chi connectivity index (χ1) is 5.57. The lowest BCUT2D eigenvalue weighted by Gasteiger charge is -2.07. The lowest BCUT2D eigenvalue weighted by molar-refractivity contribution is 0.426. The fourth-order valence-electron chi connectivity index (χ4n) is 0.994. The summed E-state index contributed by atoms with van der Waals surface area (Å²) < 4.78 is 12.8. The third-order valence-corrected chi connectivity index (χ3v) is 2.20. The molecular formula is C8H9ClFNO. The number of aryl methyl sites for hydroxylation is 1. The van der Waals surface area contributed by atoms with Crippen LogP contribution >= 0.6 is 11.6 Å². The summed E-state index contributed by atoms with van der Waals surface area (Å²) in [6, 6.07) is 1.18. The highest BCUT2D eigenvalue weighted by molar-refractivity contribution is 6.32. The average molecular weight is 190 g/mol. The molecule has 0 saturated heterocycles. The number of halogens is 2. The van der Waals surface area contributed by atoms with Crippen LogP contribution in [0, 0.1) is 12.7 Å². The lowest BCUT2D eigenvalue weighted by atomic mass is 10.1. The van der Waals surface area contributed by atoms with Gasteiger partial charge in [-0.15, -0.1) is 0 Å². The van der Waals surface area contributed by atoms with Crippen molar-refractivity contribution in [2.75, 3.05) is 0 Å². The Kier molecular flexibility index (Phi) is 2.55. The average Bonchev–Trinajstić information content (AvgIpc) is 2.02. The summed E-state index contributed by atoms with van der Waals surface area (Å²) >= 11 is 5.76. The van der Waals surface area contributed by atoms with Gasteiger partial charge in [-0.3, -0.25) is 0 Å². The summed E-state index contributed by atoms with van der Waals surface area (Å²) in [5.74, 6) is -1.13. The van der Waals surface area contributed by atoms with Crippen LogP contribution in [0.5, 0.6) is 5.75 Å². The maximum absolute atomic E-state index is 12.8. The lowest BCUT2D eigenvalue weighted by Crippen LogP contribution is -2.00. The molecule has 0 unspecified atom stereocenters. The highest BCUT2D eigenvalue weighted by Gasteiger charge is 2.12. The SMILES string of the molecule is Cc1cc(F)c(O)c(CN)c1Cl. The first kappa shape index (κ1) is 9.29. The minimum Gasteiger partial charge on any atom is -0.505 e. The van der Waals surface area contributed by atoms with Crippen LogP contribution in [0.15, 0.2) is 6.07 Å². The number of benzene rings is 1. The second kappa shape index (κ2) is 3.29. The Labute approximate surface area is 74.8 Å². The van der Waals surface area contributed by atoms with Gasteiger partial charge in [0.05, 0.1) is 5.02 Å². The molecule has 66 valence electrons. The van der Waals surface area contributed by atoms with Gasteiger partial charge >= 0.3 is 0 Å². The standard InChI is InChI=1S/C8H9ClFNO/c1-4-2-6(10)8(12)5(3-11)7(4)9/h2,12H,3,11H2,1H3. The van der Waals surface area contributed by atoms with E-state index in [1.165, 1.54) is 6.07 Å². The fourth-order valence-corrected chi connectivity index (χ4v) is 1.22. The number of phenols is 1. The molecule has 2 nitrogen and oxygen atoms in total. The third-order valence-electron chi connectivity index (χ3n) is 1.67. The van der Waals surface area contributed by atoms with E-state index in [0.717, 1.165) is 0 Å². The maximum atomic E-state index is 12.8. The molecule has 0 radical (unpaired) electrons. The highest BCUT2D eigenvalue weighted by atomic mass is 35.5. The van der Waals surface area contributed by atoms with Crippen LogP contribution in [0.25, 0.3) is 0 Å². The van der Waals surface area contributed by atoms with Gasteiger partial charge in [0.1, 0.15) is 0 Å². The summed E-state index contributed by atoms with van der Waals surface area (Å²) in [6.45, 7) is 1.69. The summed E-state index contributed by atoms with van der Waals surface area (Å²) in [5, 5.41) is 9.49. The molecule has 12 heavy (non-hydrogen) atoms. The first-order valence-corrected chi connectivity index (χ1v) is 3.82. The van der Waals surface area contributed by atoms with Gasteiger partial charge in [-0.05, 0) is 18.6 Å². The summed E-state index contributed by atoms with van der Waals surface area (Å²) in [7, 11) is 0. The molecule has 1 aromatic rings. The molecule has 0 aromatic heterocycles. The Morgan fingerprint density at radius 2 is 2.25 bits per heavy atom. The second-order valence-electron chi connectivity index (χ2n) is 2.52. The quantitative estimate of drug-likeness (QED) is 0.710. The molecule has 0 spiro atoms. The van der Waals surface area contributed by atoms with E-state index >= 15 is 0 Å². The van der Waals surface area contributed by atoms with E-state index in [2.05, 4.69) is 0 Å². The Morgan fingerprint density at radius 3 is 2.75 bits per heavy atom. The summed E-state index contributed by atoms with van der Waals surface area (Å²) in [4.78, 5) is 0. The van der Waals surface area contributed by atoms with E-state index in [4.69, 9.17) is 22.4 Å². The Bertz CT molecular complexity index is 288. The van der Waals surface area contributed by atoms with Crippen molar-refractivity contribution in [3.8, 4) is 5.75 Å². The van der Waals surface area contributed by atoms with Gasteiger partial charge in [-0.1, -0.05) is 11.6 Å². The molecule has 0 fully saturated rings. The second-order valence-corrected chi connectivity index (χ2v) is 2.90. The van der Waals surface area contributed by atoms with Gasteiger partial charge in [-0.25, -0.2) is 4.39 Å². The number of aromatic hydroxyl groups is 1. The van der Waals surface area contributed by atoms with Gasteiger partial charge in [-0.2, -0.15) is 0 Å². The Morgan fingerprint density at radius 1 is 1.67 bits per heavy atom. The molecule has 0 saturated carbocycles. The van der Waals surface area contributed by atoms with Crippen molar-refractivity contribution < 1.29 is 9.50 Å².